The van der Waals surface area contributed by atoms with Crippen LogP contribution in [-0.2, 0) is 5.60 Å². The predicted octanol–water partition coefficient (Wildman–Crippen LogP) is 7.19. The van der Waals surface area contributed by atoms with Gasteiger partial charge in [0.15, 0.2) is 0 Å². The summed E-state index contributed by atoms with van der Waals surface area (Å²) < 4.78 is 5.87. The fraction of sp³-hybridized carbons (Fsp3) is 0.229. The van der Waals surface area contributed by atoms with Gasteiger partial charge in [0, 0.05) is 29.8 Å². The average Bonchev–Trinajstić information content (AvgIpc) is 2.97. The average molecular weight is 517 g/mol. The molecule has 198 valence electrons. The van der Waals surface area contributed by atoms with Gasteiger partial charge in [-0.25, -0.2) is 4.98 Å². The van der Waals surface area contributed by atoms with E-state index in [4.69, 9.17) is 9.72 Å². The van der Waals surface area contributed by atoms with E-state index >= 15 is 0 Å². The Kier molecular flexibility index (Phi) is 7.78. The van der Waals surface area contributed by atoms with Crippen LogP contribution in [0, 0.1) is 6.92 Å². The van der Waals surface area contributed by atoms with Crippen LogP contribution in [0.3, 0.4) is 0 Å². The quantitative estimate of drug-likeness (QED) is 0.225. The number of hydrogen-bond donors (Lipinski definition) is 1. The van der Waals surface area contributed by atoms with Crippen molar-refractivity contribution in [1.82, 2.24) is 9.88 Å². The molecule has 2 unspecified atom stereocenters. The van der Waals surface area contributed by atoms with Gasteiger partial charge < -0.3 is 14.7 Å². The molecule has 0 bridgehead atoms. The number of methoxy groups -OCH3 is 1. The third-order valence-corrected chi connectivity index (χ3v) is 7.57. The van der Waals surface area contributed by atoms with Crippen molar-refractivity contribution in [3.8, 4) is 17.0 Å². The first-order chi connectivity index (χ1) is 18.9. The Morgan fingerprint density at radius 1 is 0.846 bits per heavy atom. The van der Waals surface area contributed by atoms with Crippen molar-refractivity contribution in [3.63, 3.8) is 0 Å². The summed E-state index contributed by atoms with van der Waals surface area (Å²) in [7, 11) is 5.73. The Labute approximate surface area is 231 Å². The molecule has 1 aromatic heterocycles. The Balaban J connectivity index is 1.80. The van der Waals surface area contributed by atoms with Gasteiger partial charge in [-0.15, -0.1) is 0 Å². The van der Waals surface area contributed by atoms with Crippen molar-refractivity contribution in [1.29, 1.82) is 0 Å². The molecule has 0 saturated carbocycles. The van der Waals surface area contributed by atoms with Crippen LogP contribution in [0.15, 0.2) is 109 Å². The zero-order valence-electron chi connectivity index (χ0n) is 23.1. The number of fused-ring (bicyclic) bond motifs is 1. The Morgan fingerprint density at radius 3 is 2.26 bits per heavy atom. The zero-order chi connectivity index (χ0) is 27.4. The predicted molar refractivity (Wildman–Crippen MR) is 160 cm³/mol. The highest BCUT2D eigenvalue weighted by Crippen LogP contribution is 2.49. The van der Waals surface area contributed by atoms with E-state index in [0.29, 0.717) is 18.8 Å². The van der Waals surface area contributed by atoms with Gasteiger partial charge >= 0.3 is 0 Å². The van der Waals surface area contributed by atoms with Crippen molar-refractivity contribution < 1.29 is 9.84 Å². The highest BCUT2D eigenvalue weighted by atomic mass is 16.5. The van der Waals surface area contributed by atoms with Gasteiger partial charge in [0.05, 0.1) is 7.11 Å². The molecule has 0 aliphatic carbocycles. The summed E-state index contributed by atoms with van der Waals surface area (Å²) in [4.78, 5) is 6.88. The monoisotopic (exact) mass is 516 g/mol. The van der Waals surface area contributed by atoms with Crippen LogP contribution < -0.4 is 4.74 Å². The number of aromatic nitrogens is 1. The van der Waals surface area contributed by atoms with Crippen LogP contribution in [0.25, 0.3) is 21.9 Å². The molecule has 0 fully saturated rings. The molecule has 1 N–H and O–H groups in total. The molecule has 0 radical (unpaired) electrons. The molecule has 0 amide bonds. The van der Waals surface area contributed by atoms with E-state index in [-0.39, 0.29) is 0 Å². The second-order valence-electron chi connectivity index (χ2n) is 10.5. The maximum absolute atomic E-state index is 13.1. The summed E-state index contributed by atoms with van der Waals surface area (Å²) in [5.41, 5.74) is 4.78. The van der Waals surface area contributed by atoms with E-state index in [1.54, 1.807) is 7.11 Å². The number of rotatable bonds is 9. The fourth-order valence-electron chi connectivity index (χ4n) is 5.54. The van der Waals surface area contributed by atoms with Gasteiger partial charge in [0.25, 0.3) is 0 Å². The van der Waals surface area contributed by atoms with Crippen LogP contribution >= 0.6 is 0 Å². The van der Waals surface area contributed by atoms with Gasteiger partial charge in [-0.05, 0) is 61.0 Å². The smallest absolute Gasteiger partial charge is 0.217 e. The standard InChI is InChI=1S/C35H36N2O2/c1-25-17-19-26(20-18-25)29-23-31(34(39-4)36-24-29)33(28-12-6-5-7-13-28)35(38,21-22-37(2)3)32-16-10-14-27-11-8-9-15-30(27)32/h5-20,23-24,33,38H,21-22H2,1-4H3. The lowest BCUT2D eigenvalue weighted by atomic mass is 9.70. The molecule has 4 nitrogen and oxygen atoms in total. The van der Waals surface area contributed by atoms with Gasteiger partial charge in [0.1, 0.15) is 5.60 Å². The van der Waals surface area contributed by atoms with Crippen molar-refractivity contribution >= 4 is 10.8 Å². The summed E-state index contributed by atoms with van der Waals surface area (Å²) >= 11 is 0. The topological polar surface area (TPSA) is 45.6 Å². The van der Waals surface area contributed by atoms with Gasteiger partial charge in [-0.3, -0.25) is 0 Å². The molecule has 5 rings (SSSR count). The Hall–Kier alpha value is -3.99. The number of nitrogens with zero attached hydrogens (tertiary/aromatic N) is 2. The molecule has 1 heterocycles. The number of benzene rings is 4. The largest absolute Gasteiger partial charge is 0.481 e. The van der Waals surface area contributed by atoms with Crippen molar-refractivity contribution in [2.75, 3.05) is 27.7 Å². The zero-order valence-corrected chi connectivity index (χ0v) is 23.1. The summed E-state index contributed by atoms with van der Waals surface area (Å²) in [6.45, 7) is 2.79. The first-order valence-corrected chi connectivity index (χ1v) is 13.4. The van der Waals surface area contributed by atoms with E-state index < -0.39 is 11.5 Å². The molecule has 5 aromatic rings. The Bertz CT molecular complexity index is 1540. The summed E-state index contributed by atoms with van der Waals surface area (Å²) in [6.07, 6.45) is 2.37. The lowest BCUT2D eigenvalue weighted by Gasteiger charge is -2.39. The first kappa shape index (κ1) is 26.6. The molecular formula is C35H36N2O2. The second kappa shape index (κ2) is 11.4. The summed E-state index contributed by atoms with van der Waals surface area (Å²) in [6, 6.07) is 35.3. The third kappa shape index (κ3) is 5.44. The SMILES string of the molecule is COc1ncc(-c2ccc(C)cc2)cc1C(c1ccccc1)C(O)(CCN(C)C)c1cccc2ccccc12. The summed E-state index contributed by atoms with van der Waals surface area (Å²) in [5, 5.41) is 15.2. The van der Waals surface area contributed by atoms with Crippen LogP contribution in [0.4, 0.5) is 0 Å². The van der Waals surface area contributed by atoms with Crippen LogP contribution in [0.2, 0.25) is 0 Å². The molecule has 4 heteroatoms. The number of aliphatic hydroxyl groups is 1. The minimum atomic E-state index is -1.26. The van der Waals surface area contributed by atoms with E-state index in [0.717, 1.165) is 38.6 Å². The lowest BCUT2D eigenvalue weighted by Crippen LogP contribution is -2.38. The van der Waals surface area contributed by atoms with Crippen molar-refractivity contribution in [2.24, 2.45) is 0 Å². The number of ether oxygens (including phenoxy) is 1. The molecule has 0 spiro atoms. The highest BCUT2D eigenvalue weighted by molar-refractivity contribution is 5.86. The molecule has 0 aliphatic rings. The fourth-order valence-corrected chi connectivity index (χ4v) is 5.54. The highest BCUT2D eigenvalue weighted by Gasteiger charge is 2.43. The van der Waals surface area contributed by atoms with Gasteiger partial charge in [-0.1, -0.05) is 103 Å². The van der Waals surface area contributed by atoms with Crippen molar-refractivity contribution in [3.05, 3.63) is 132 Å². The van der Waals surface area contributed by atoms with Crippen LogP contribution in [0.1, 0.15) is 34.6 Å². The Morgan fingerprint density at radius 2 is 1.54 bits per heavy atom. The number of aryl methyl sites for hydroxylation is 1. The first-order valence-electron chi connectivity index (χ1n) is 13.4. The van der Waals surface area contributed by atoms with Gasteiger partial charge in [-0.2, -0.15) is 0 Å². The number of pyridine rings is 1. The number of hydrogen-bond acceptors (Lipinski definition) is 4. The van der Waals surface area contributed by atoms with Gasteiger partial charge in [0.2, 0.25) is 5.88 Å². The second-order valence-corrected chi connectivity index (χ2v) is 10.5. The molecule has 4 aromatic carbocycles. The molecule has 39 heavy (non-hydrogen) atoms. The van der Waals surface area contributed by atoms with Crippen LogP contribution in [0.5, 0.6) is 5.88 Å². The summed E-state index contributed by atoms with van der Waals surface area (Å²) in [5.74, 6) is 0.0838. The lowest BCUT2D eigenvalue weighted by molar-refractivity contribution is 0.00517. The van der Waals surface area contributed by atoms with E-state index in [2.05, 4.69) is 78.6 Å². The molecule has 0 aliphatic heterocycles. The minimum Gasteiger partial charge on any atom is -0.481 e. The van der Waals surface area contributed by atoms with E-state index in [9.17, 15) is 5.11 Å². The van der Waals surface area contributed by atoms with Crippen molar-refractivity contribution in [2.45, 2.75) is 24.9 Å². The maximum atomic E-state index is 13.1. The maximum Gasteiger partial charge on any atom is 0.217 e. The minimum absolute atomic E-state index is 0.433. The molecular weight excluding hydrogens is 480 g/mol. The van der Waals surface area contributed by atoms with E-state index in [1.165, 1.54) is 5.56 Å². The molecule has 0 saturated heterocycles. The van der Waals surface area contributed by atoms with E-state index in [1.807, 2.05) is 56.7 Å². The third-order valence-electron chi connectivity index (χ3n) is 7.57. The van der Waals surface area contributed by atoms with Crippen LogP contribution in [-0.4, -0.2) is 42.7 Å². The normalized spacial score (nSPS) is 13.8. The molecule has 2 atom stereocenters.